The molecule has 0 aliphatic rings. The predicted molar refractivity (Wildman–Crippen MR) is 78.8 cm³/mol. The van der Waals surface area contributed by atoms with Crippen molar-refractivity contribution in [1.29, 1.82) is 0 Å². The van der Waals surface area contributed by atoms with Gasteiger partial charge in [0, 0.05) is 12.2 Å². The molecule has 1 atom stereocenters. The van der Waals surface area contributed by atoms with Gasteiger partial charge in [0.2, 0.25) is 0 Å². The first kappa shape index (κ1) is 13.6. The van der Waals surface area contributed by atoms with Crippen LogP contribution in [0.15, 0.2) is 12.3 Å². The molecule has 2 rings (SSSR count). The van der Waals surface area contributed by atoms with E-state index in [2.05, 4.69) is 28.4 Å². The van der Waals surface area contributed by atoms with Gasteiger partial charge in [-0.3, -0.25) is 4.57 Å². The van der Waals surface area contributed by atoms with Crippen LogP contribution >= 0.6 is 23.8 Å². The van der Waals surface area contributed by atoms with E-state index in [4.69, 9.17) is 23.8 Å². The molecule has 5 heteroatoms. The number of H-pyrrole nitrogens is 1. The second-order valence-electron chi connectivity index (χ2n) is 4.67. The third kappa shape index (κ3) is 2.75. The third-order valence-corrected chi connectivity index (χ3v) is 3.69. The van der Waals surface area contributed by atoms with Crippen LogP contribution in [0.1, 0.15) is 45.6 Å². The van der Waals surface area contributed by atoms with Crippen LogP contribution in [0.25, 0.3) is 11.2 Å². The molecule has 0 aliphatic carbocycles. The first-order valence-electron chi connectivity index (χ1n) is 6.39. The second kappa shape index (κ2) is 5.85. The summed E-state index contributed by atoms with van der Waals surface area (Å²) in [6.45, 7) is 4.40. The number of pyridine rings is 1. The molecular weight excluding hydrogens is 266 g/mol. The van der Waals surface area contributed by atoms with Gasteiger partial charge in [-0.15, -0.1) is 0 Å². The van der Waals surface area contributed by atoms with Crippen molar-refractivity contribution in [3.05, 3.63) is 22.1 Å². The second-order valence-corrected chi connectivity index (χ2v) is 5.49. The maximum atomic E-state index is 5.94. The predicted octanol–water partition coefficient (Wildman–Crippen LogP) is 4.89. The van der Waals surface area contributed by atoms with E-state index in [1.54, 1.807) is 6.20 Å². The lowest BCUT2D eigenvalue weighted by molar-refractivity contribution is 0.481. The fraction of sp³-hybridized carbons (Fsp3) is 0.538. The Morgan fingerprint density at radius 1 is 1.50 bits per heavy atom. The van der Waals surface area contributed by atoms with Gasteiger partial charge < -0.3 is 4.98 Å². The van der Waals surface area contributed by atoms with Crippen molar-refractivity contribution in [2.75, 3.05) is 0 Å². The number of aromatic amines is 1. The van der Waals surface area contributed by atoms with Crippen molar-refractivity contribution in [3.63, 3.8) is 0 Å². The standard InChI is InChI=1S/C13H18ClN3S/c1-3-4-5-6-9(2)17-12-11(16-13(17)18)7-10(14)8-15-12/h7-9H,3-6H2,1-2H3,(H,16,18). The number of unbranched alkanes of at least 4 members (excludes halogenated alkanes) is 2. The Morgan fingerprint density at radius 3 is 3.00 bits per heavy atom. The van der Waals surface area contributed by atoms with Gasteiger partial charge in [0.05, 0.1) is 10.5 Å². The highest BCUT2D eigenvalue weighted by molar-refractivity contribution is 7.71. The highest BCUT2D eigenvalue weighted by Gasteiger charge is 2.12. The van der Waals surface area contributed by atoms with Crippen LogP contribution in [0.3, 0.4) is 0 Å². The van der Waals surface area contributed by atoms with Gasteiger partial charge in [0.1, 0.15) is 0 Å². The maximum Gasteiger partial charge on any atom is 0.179 e. The molecule has 0 spiro atoms. The molecule has 2 aromatic heterocycles. The number of halogens is 1. The summed E-state index contributed by atoms with van der Waals surface area (Å²) in [6.07, 6.45) is 6.51. The zero-order valence-corrected chi connectivity index (χ0v) is 12.3. The summed E-state index contributed by atoms with van der Waals surface area (Å²) < 4.78 is 2.82. The summed E-state index contributed by atoms with van der Waals surface area (Å²) in [7, 11) is 0. The highest BCUT2D eigenvalue weighted by atomic mass is 35.5. The zero-order valence-electron chi connectivity index (χ0n) is 10.7. The van der Waals surface area contributed by atoms with Gasteiger partial charge in [0.25, 0.3) is 0 Å². The molecule has 2 heterocycles. The molecule has 98 valence electrons. The molecule has 0 saturated carbocycles. The van der Waals surface area contributed by atoms with Crippen molar-refractivity contribution in [2.45, 2.75) is 45.6 Å². The zero-order chi connectivity index (χ0) is 13.1. The largest absolute Gasteiger partial charge is 0.329 e. The first-order chi connectivity index (χ1) is 8.63. The number of imidazole rings is 1. The van der Waals surface area contributed by atoms with Crippen LogP contribution in [0.5, 0.6) is 0 Å². The number of nitrogens with one attached hydrogen (secondary N) is 1. The summed E-state index contributed by atoms with van der Waals surface area (Å²) in [4.78, 5) is 7.55. The smallest absolute Gasteiger partial charge is 0.179 e. The quantitative estimate of drug-likeness (QED) is 0.626. The van der Waals surface area contributed by atoms with Crippen LogP contribution in [-0.4, -0.2) is 14.5 Å². The topological polar surface area (TPSA) is 33.6 Å². The Labute approximate surface area is 117 Å². The van der Waals surface area contributed by atoms with E-state index >= 15 is 0 Å². The summed E-state index contributed by atoms with van der Waals surface area (Å²) in [6, 6.07) is 2.24. The van der Waals surface area contributed by atoms with Crippen LogP contribution < -0.4 is 0 Å². The molecule has 1 N–H and O–H groups in total. The van der Waals surface area contributed by atoms with Gasteiger partial charge in [-0.05, 0) is 31.6 Å². The molecular formula is C13H18ClN3S. The number of nitrogens with zero attached hydrogens (tertiary/aromatic N) is 2. The summed E-state index contributed by atoms with van der Waals surface area (Å²) >= 11 is 11.3. The fourth-order valence-corrected chi connectivity index (χ4v) is 2.75. The van der Waals surface area contributed by atoms with Crippen LogP contribution in [-0.2, 0) is 0 Å². The number of rotatable bonds is 5. The minimum Gasteiger partial charge on any atom is -0.329 e. The van der Waals surface area contributed by atoms with E-state index in [9.17, 15) is 0 Å². The Balaban J connectivity index is 2.32. The molecule has 0 bridgehead atoms. The van der Waals surface area contributed by atoms with Crippen LogP contribution in [0.2, 0.25) is 5.02 Å². The van der Waals surface area contributed by atoms with Gasteiger partial charge >= 0.3 is 0 Å². The van der Waals surface area contributed by atoms with E-state index in [-0.39, 0.29) is 0 Å². The third-order valence-electron chi connectivity index (χ3n) is 3.19. The fourth-order valence-electron chi connectivity index (χ4n) is 2.22. The molecule has 0 aromatic carbocycles. The van der Waals surface area contributed by atoms with E-state index < -0.39 is 0 Å². The maximum absolute atomic E-state index is 5.94. The first-order valence-corrected chi connectivity index (χ1v) is 7.18. The van der Waals surface area contributed by atoms with E-state index in [0.717, 1.165) is 22.4 Å². The number of fused-ring (bicyclic) bond motifs is 1. The van der Waals surface area contributed by atoms with Crippen LogP contribution in [0, 0.1) is 4.77 Å². The molecule has 0 radical (unpaired) electrons. The van der Waals surface area contributed by atoms with Crippen molar-refractivity contribution in [3.8, 4) is 0 Å². The SMILES string of the molecule is CCCCCC(C)n1c(=S)[nH]c2cc(Cl)cnc21. The van der Waals surface area contributed by atoms with Gasteiger partial charge in [-0.1, -0.05) is 37.8 Å². The molecule has 3 nitrogen and oxygen atoms in total. The van der Waals surface area contributed by atoms with E-state index in [1.165, 1.54) is 19.3 Å². The lowest BCUT2D eigenvalue weighted by Crippen LogP contribution is -2.06. The molecule has 18 heavy (non-hydrogen) atoms. The van der Waals surface area contributed by atoms with Crippen molar-refractivity contribution in [1.82, 2.24) is 14.5 Å². The minimum absolute atomic E-state index is 0.367. The average Bonchev–Trinajstić information content (AvgIpc) is 2.64. The van der Waals surface area contributed by atoms with E-state index in [0.29, 0.717) is 11.1 Å². The van der Waals surface area contributed by atoms with Gasteiger partial charge in [-0.25, -0.2) is 4.98 Å². The number of hydrogen-bond acceptors (Lipinski definition) is 2. The molecule has 0 aliphatic heterocycles. The van der Waals surface area contributed by atoms with Gasteiger partial charge in [0.15, 0.2) is 10.4 Å². The van der Waals surface area contributed by atoms with Crippen molar-refractivity contribution in [2.24, 2.45) is 0 Å². The average molecular weight is 284 g/mol. The minimum atomic E-state index is 0.367. The molecule has 2 aromatic rings. The normalized spacial score (nSPS) is 13.1. The molecule has 0 amide bonds. The Morgan fingerprint density at radius 2 is 2.28 bits per heavy atom. The monoisotopic (exact) mass is 283 g/mol. The molecule has 0 fully saturated rings. The lowest BCUT2D eigenvalue weighted by atomic mass is 10.1. The summed E-state index contributed by atoms with van der Waals surface area (Å²) in [5.74, 6) is 0. The van der Waals surface area contributed by atoms with E-state index in [1.807, 2.05) is 6.07 Å². The Hall–Kier alpha value is -0.870. The van der Waals surface area contributed by atoms with Gasteiger partial charge in [-0.2, -0.15) is 0 Å². The Bertz CT molecular complexity index is 587. The number of aromatic nitrogens is 3. The molecule has 0 saturated heterocycles. The van der Waals surface area contributed by atoms with Crippen molar-refractivity contribution >= 4 is 35.0 Å². The summed E-state index contributed by atoms with van der Waals surface area (Å²) in [5.41, 5.74) is 1.81. The lowest BCUT2D eigenvalue weighted by Gasteiger charge is -2.13. The number of hydrogen-bond donors (Lipinski definition) is 1. The van der Waals surface area contributed by atoms with Crippen molar-refractivity contribution < 1.29 is 0 Å². The Kier molecular flexibility index (Phi) is 4.40. The highest BCUT2D eigenvalue weighted by Crippen LogP contribution is 2.23. The summed E-state index contributed by atoms with van der Waals surface area (Å²) in [5, 5.41) is 0.629. The van der Waals surface area contributed by atoms with Crippen LogP contribution in [0.4, 0.5) is 0 Å². The molecule has 1 unspecified atom stereocenters.